The van der Waals surface area contributed by atoms with Gasteiger partial charge in [-0.1, -0.05) is 44.2 Å². The Balaban J connectivity index is 1.76. The minimum Gasteiger partial charge on any atom is -0.340 e. The second kappa shape index (κ2) is 6.90. The van der Waals surface area contributed by atoms with E-state index in [9.17, 15) is 4.79 Å². The van der Waals surface area contributed by atoms with E-state index in [1.807, 2.05) is 42.6 Å². The first kappa shape index (κ1) is 15.7. The molecule has 1 atom stereocenters. The summed E-state index contributed by atoms with van der Waals surface area (Å²) >= 11 is 0. The van der Waals surface area contributed by atoms with Crippen LogP contribution in [0.1, 0.15) is 48.7 Å². The highest BCUT2D eigenvalue weighted by molar-refractivity contribution is 5.98. The number of carbonyl (C=O) groups excluding carboxylic acids is 1. The number of benzene rings is 1. The molecule has 4 nitrogen and oxygen atoms in total. The van der Waals surface area contributed by atoms with Crippen molar-refractivity contribution in [3.05, 3.63) is 53.9 Å². The standard InChI is InChI=1S/C19H23N3O/c1-14(2)17-10-11-20-19(21-17)22-12-6-9-16(13-22)18(23)15-7-4-3-5-8-15/h3-5,7-8,10-11,14,16H,6,9,12-13H2,1-2H3/t16-/m0/s1. The van der Waals surface area contributed by atoms with E-state index in [2.05, 4.69) is 28.7 Å². The lowest BCUT2D eigenvalue weighted by molar-refractivity contribution is 0.0907. The van der Waals surface area contributed by atoms with Crippen molar-refractivity contribution in [2.75, 3.05) is 18.0 Å². The Morgan fingerprint density at radius 1 is 1.22 bits per heavy atom. The minimum absolute atomic E-state index is 0.0254. The van der Waals surface area contributed by atoms with Crippen molar-refractivity contribution in [2.24, 2.45) is 5.92 Å². The molecule has 0 unspecified atom stereocenters. The second-order valence-corrected chi connectivity index (χ2v) is 6.45. The van der Waals surface area contributed by atoms with E-state index >= 15 is 0 Å². The third-order valence-electron chi connectivity index (χ3n) is 4.39. The van der Waals surface area contributed by atoms with E-state index in [0.717, 1.165) is 36.6 Å². The van der Waals surface area contributed by atoms with Gasteiger partial charge in [0.15, 0.2) is 5.78 Å². The second-order valence-electron chi connectivity index (χ2n) is 6.45. The fourth-order valence-electron chi connectivity index (χ4n) is 3.05. The fraction of sp³-hybridized carbons (Fsp3) is 0.421. The van der Waals surface area contributed by atoms with Crippen molar-refractivity contribution in [3.8, 4) is 0 Å². The SMILES string of the molecule is CC(C)c1ccnc(N2CCC[C@H](C(=O)c3ccccc3)C2)n1. The van der Waals surface area contributed by atoms with Gasteiger partial charge < -0.3 is 4.90 Å². The number of anilines is 1. The highest BCUT2D eigenvalue weighted by atomic mass is 16.1. The van der Waals surface area contributed by atoms with Gasteiger partial charge in [-0.3, -0.25) is 4.79 Å². The number of piperidine rings is 1. The summed E-state index contributed by atoms with van der Waals surface area (Å²) in [5, 5.41) is 0. The Morgan fingerprint density at radius 3 is 2.74 bits per heavy atom. The third kappa shape index (κ3) is 3.58. The molecule has 0 radical (unpaired) electrons. The van der Waals surface area contributed by atoms with Gasteiger partial charge >= 0.3 is 0 Å². The van der Waals surface area contributed by atoms with Crippen molar-refractivity contribution in [3.63, 3.8) is 0 Å². The lowest BCUT2D eigenvalue weighted by Crippen LogP contribution is -2.39. The lowest BCUT2D eigenvalue weighted by atomic mass is 9.90. The number of rotatable bonds is 4. The molecule has 4 heteroatoms. The monoisotopic (exact) mass is 309 g/mol. The maximum absolute atomic E-state index is 12.7. The number of carbonyl (C=O) groups is 1. The maximum Gasteiger partial charge on any atom is 0.225 e. The van der Waals surface area contributed by atoms with Crippen LogP contribution in [0.5, 0.6) is 0 Å². The van der Waals surface area contributed by atoms with E-state index in [0.29, 0.717) is 12.5 Å². The van der Waals surface area contributed by atoms with Gasteiger partial charge in [0.1, 0.15) is 0 Å². The van der Waals surface area contributed by atoms with Crippen LogP contribution in [-0.2, 0) is 0 Å². The van der Waals surface area contributed by atoms with Gasteiger partial charge in [0, 0.05) is 36.5 Å². The highest BCUT2D eigenvalue weighted by Crippen LogP contribution is 2.24. The van der Waals surface area contributed by atoms with E-state index in [-0.39, 0.29) is 11.7 Å². The first-order valence-electron chi connectivity index (χ1n) is 8.32. The van der Waals surface area contributed by atoms with Crippen molar-refractivity contribution in [1.82, 2.24) is 9.97 Å². The number of Topliss-reactive ketones (excluding diaryl/α,β-unsaturated/α-hetero) is 1. The minimum atomic E-state index is 0.0254. The van der Waals surface area contributed by atoms with Crippen LogP contribution in [0.15, 0.2) is 42.6 Å². The molecule has 2 heterocycles. The van der Waals surface area contributed by atoms with E-state index in [1.54, 1.807) is 0 Å². The van der Waals surface area contributed by atoms with E-state index in [4.69, 9.17) is 0 Å². The Kier molecular flexibility index (Phi) is 4.70. The highest BCUT2D eigenvalue weighted by Gasteiger charge is 2.27. The molecule has 1 aromatic carbocycles. The molecule has 0 bridgehead atoms. The molecule has 120 valence electrons. The normalized spacial score (nSPS) is 18.2. The van der Waals surface area contributed by atoms with Gasteiger partial charge in [0.25, 0.3) is 0 Å². The third-order valence-corrected chi connectivity index (χ3v) is 4.39. The van der Waals surface area contributed by atoms with Gasteiger partial charge in [0.2, 0.25) is 5.95 Å². The van der Waals surface area contributed by atoms with Crippen molar-refractivity contribution < 1.29 is 4.79 Å². The summed E-state index contributed by atoms with van der Waals surface area (Å²) in [6.45, 7) is 5.88. The molecule has 0 saturated carbocycles. The van der Waals surface area contributed by atoms with Crippen LogP contribution < -0.4 is 4.90 Å². The zero-order valence-corrected chi connectivity index (χ0v) is 13.8. The summed E-state index contributed by atoms with van der Waals surface area (Å²) in [4.78, 5) is 23.9. The number of ketones is 1. The van der Waals surface area contributed by atoms with Crippen LogP contribution in [0, 0.1) is 5.92 Å². The molecule has 23 heavy (non-hydrogen) atoms. The van der Waals surface area contributed by atoms with Gasteiger partial charge in [0.05, 0.1) is 0 Å². The zero-order chi connectivity index (χ0) is 16.2. The molecule has 0 amide bonds. The van der Waals surface area contributed by atoms with E-state index < -0.39 is 0 Å². The van der Waals surface area contributed by atoms with Gasteiger partial charge in [-0.05, 0) is 24.8 Å². The summed E-state index contributed by atoms with van der Waals surface area (Å²) in [6, 6.07) is 11.5. The largest absolute Gasteiger partial charge is 0.340 e. The van der Waals surface area contributed by atoms with E-state index in [1.165, 1.54) is 0 Å². The van der Waals surface area contributed by atoms with Crippen LogP contribution in [0.3, 0.4) is 0 Å². The molecule has 2 aromatic rings. The molecule has 0 aliphatic carbocycles. The number of aromatic nitrogens is 2. The average Bonchev–Trinajstić information content (AvgIpc) is 2.62. The first-order chi connectivity index (χ1) is 11.1. The molecular weight excluding hydrogens is 286 g/mol. The Hall–Kier alpha value is -2.23. The molecule has 1 aliphatic rings. The maximum atomic E-state index is 12.7. The molecular formula is C19H23N3O. The summed E-state index contributed by atoms with van der Waals surface area (Å²) in [5.74, 6) is 1.39. The average molecular weight is 309 g/mol. The lowest BCUT2D eigenvalue weighted by Gasteiger charge is -2.32. The van der Waals surface area contributed by atoms with Gasteiger partial charge in [-0.25, -0.2) is 9.97 Å². The number of nitrogens with zero attached hydrogens (tertiary/aromatic N) is 3. The predicted molar refractivity (Wildman–Crippen MR) is 91.8 cm³/mol. The van der Waals surface area contributed by atoms with Crippen LogP contribution >= 0.6 is 0 Å². The molecule has 1 saturated heterocycles. The van der Waals surface area contributed by atoms with Crippen LogP contribution in [0.4, 0.5) is 5.95 Å². The fourth-order valence-corrected chi connectivity index (χ4v) is 3.05. The quantitative estimate of drug-likeness (QED) is 0.808. The smallest absolute Gasteiger partial charge is 0.225 e. The topological polar surface area (TPSA) is 46.1 Å². The van der Waals surface area contributed by atoms with Gasteiger partial charge in [-0.2, -0.15) is 0 Å². The van der Waals surface area contributed by atoms with Crippen molar-refractivity contribution in [2.45, 2.75) is 32.6 Å². The Labute approximate surface area is 137 Å². The summed E-state index contributed by atoms with van der Waals surface area (Å²) < 4.78 is 0. The predicted octanol–water partition coefficient (Wildman–Crippen LogP) is 3.70. The summed E-state index contributed by atoms with van der Waals surface area (Å²) in [5.41, 5.74) is 1.85. The molecule has 1 aromatic heterocycles. The summed E-state index contributed by atoms with van der Waals surface area (Å²) in [6.07, 6.45) is 3.76. The van der Waals surface area contributed by atoms with Crippen LogP contribution in [0.2, 0.25) is 0 Å². The molecule has 1 fully saturated rings. The first-order valence-corrected chi connectivity index (χ1v) is 8.32. The number of hydrogen-bond acceptors (Lipinski definition) is 4. The number of hydrogen-bond donors (Lipinski definition) is 0. The zero-order valence-electron chi connectivity index (χ0n) is 13.8. The van der Waals surface area contributed by atoms with Crippen LogP contribution in [0.25, 0.3) is 0 Å². The Bertz CT molecular complexity index is 669. The molecule has 3 rings (SSSR count). The summed E-state index contributed by atoms with van der Waals surface area (Å²) in [7, 11) is 0. The molecule has 0 spiro atoms. The molecule has 1 aliphatic heterocycles. The van der Waals surface area contributed by atoms with Gasteiger partial charge in [-0.15, -0.1) is 0 Å². The molecule has 0 N–H and O–H groups in total. The van der Waals surface area contributed by atoms with Crippen molar-refractivity contribution in [1.29, 1.82) is 0 Å². The Morgan fingerprint density at radius 2 is 2.00 bits per heavy atom. The van der Waals surface area contributed by atoms with Crippen LogP contribution in [-0.4, -0.2) is 28.8 Å². The van der Waals surface area contributed by atoms with Crippen molar-refractivity contribution >= 4 is 11.7 Å².